The smallest absolute Gasteiger partial charge is 0.160 e. The zero-order valence-electron chi connectivity index (χ0n) is 42.0. The second kappa shape index (κ2) is 18.7. The predicted octanol–water partition coefficient (Wildman–Crippen LogP) is 19.2. The Balaban J connectivity index is 1.15. The first-order chi connectivity index (χ1) is 33.2. The van der Waals surface area contributed by atoms with Gasteiger partial charge in [-0.3, -0.25) is 0 Å². The summed E-state index contributed by atoms with van der Waals surface area (Å²) in [6.45, 7) is 27.7. The summed E-state index contributed by atoms with van der Waals surface area (Å²) >= 11 is 5.76. The molecular weight excluding hydrogens is 893 g/mol. The fourth-order valence-corrected chi connectivity index (χ4v) is 14.8. The third-order valence-electron chi connectivity index (χ3n) is 15.4. The number of allylic oxidation sites excluding steroid dienone is 1. The molecule has 0 spiro atoms. The zero-order valence-corrected chi connectivity index (χ0v) is 44.5. The molecule has 69 heavy (non-hydrogen) atoms. The zero-order chi connectivity index (χ0) is 48.4. The molecule has 4 heterocycles. The van der Waals surface area contributed by atoms with E-state index in [0.717, 1.165) is 29.2 Å². The molecule has 0 N–H and O–H groups in total. The van der Waals surface area contributed by atoms with Crippen molar-refractivity contribution >= 4 is 39.3 Å². The fourth-order valence-electron chi connectivity index (χ4n) is 11.0. The maximum Gasteiger partial charge on any atom is 0.160 e. The molecule has 0 saturated carbocycles. The summed E-state index contributed by atoms with van der Waals surface area (Å²) in [5.74, 6) is 0.789. The molecule has 6 aromatic carbocycles. The lowest BCUT2D eigenvalue weighted by Gasteiger charge is -2.25. The summed E-state index contributed by atoms with van der Waals surface area (Å²) in [7, 11) is 0. The lowest BCUT2D eigenvalue weighted by atomic mass is 9.84. The molecular formula is C64H60N2S3. The van der Waals surface area contributed by atoms with Crippen molar-refractivity contribution < 1.29 is 0 Å². The van der Waals surface area contributed by atoms with E-state index >= 15 is 0 Å². The van der Waals surface area contributed by atoms with Gasteiger partial charge in [-0.2, -0.15) is 0 Å². The van der Waals surface area contributed by atoms with E-state index < -0.39 is 0 Å². The van der Waals surface area contributed by atoms with Crippen molar-refractivity contribution in [3.8, 4) is 75.7 Å². The van der Waals surface area contributed by atoms with E-state index in [1.54, 1.807) is 0 Å². The van der Waals surface area contributed by atoms with E-state index in [9.17, 15) is 0 Å². The van der Waals surface area contributed by atoms with E-state index in [0.29, 0.717) is 5.25 Å². The van der Waals surface area contributed by atoms with Crippen molar-refractivity contribution in [3.05, 3.63) is 205 Å². The van der Waals surface area contributed by atoms with Gasteiger partial charge in [-0.25, -0.2) is 9.97 Å². The van der Waals surface area contributed by atoms with E-state index in [1.807, 2.05) is 34.4 Å². The topological polar surface area (TPSA) is 25.8 Å². The van der Waals surface area contributed by atoms with E-state index in [-0.39, 0.29) is 0 Å². The molecule has 0 radical (unpaired) electrons. The van der Waals surface area contributed by atoms with Crippen molar-refractivity contribution in [1.82, 2.24) is 9.97 Å². The van der Waals surface area contributed by atoms with E-state index in [1.165, 1.54) is 136 Å². The maximum absolute atomic E-state index is 5.71. The molecule has 0 saturated heterocycles. The fraction of sp³-hybridized carbons (Fsp3) is 0.219. The van der Waals surface area contributed by atoms with Crippen LogP contribution in [-0.2, 0) is 0 Å². The summed E-state index contributed by atoms with van der Waals surface area (Å²) in [5, 5.41) is 0.368. The van der Waals surface area contributed by atoms with Crippen molar-refractivity contribution in [2.45, 2.75) is 94.8 Å². The number of hydrogen-bond donors (Lipinski definition) is 0. The molecule has 9 aromatic rings. The molecule has 0 bridgehead atoms. The standard InChI is InChI=1S/C64H60N2S3/c1-35-39(5)60(55-31-28-52(67-55)47-22-16-13-17-23-47)40(6)36(2)58(35)50-34-51(59-37(3)41(7)61(42(8)38(59)4)56-32-29-53(68-56)48-24-18-14-19-25-48)66-64(65-50)63-45(11)43(9)62(44(10)46(63)12)57-33-30-54(69-57)49-26-20-15-21-27-49/h13-31,33-34,56H,32H2,1-12H3. The second-order valence-electron chi connectivity index (χ2n) is 19.1. The Hall–Kier alpha value is -6.11. The molecule has 0 aliphatic carbocycles. The Bertz CT molecular complexity index is 3250. The Morgan fingerprint density at radius 3 is 1.13 bits per heavy atom. The molecule has 1 aliphatic rings. The first-order valence-electron chi connectivity index (χ1n) is 24.2. The summed E-state index contributed by atoms with van der Waals surface area (Å²) in [4.78, 5) is 17.9. The van der Waals surface area contributed by atoms with Crippen LogP contribution in [0.4, 0.5) is 0 Å². The highest BCUT2D eigenvalue weighted by atomic mass is 32.2. The largest absolute Gasteiger partial charge is 0.228 e. The highest BCUT2D eigenvalue weighted by Gasteiger charge is 2.29. The van der Waals surface area contributed by atoms with Crippen LogP contribution in [0.1, 0.15) is 89.6 Å². The van der Waals surface area contributed by atoms with Crippen LogP contribution < -0.4 is 0 Å². The Morgan fingerprint density at radius 1 is 0.362 bits per heavy atom. The Kier molecular flexibility index (Phi) is 12.6. The van der Waals surface area contributed by atoms with Gasteiger partial charge in [-0.05, 0) is 220 Å². The lowest BCUT2D eigenvalue weighted by Crippen LogP contribution is -2.08. The van der Waals surface area contributed by atoms with Gasteiger partial charge in [0.1, 0.15) is 0 Å². The third-order valence-corrected chi connectivity index (χ3v) is 19.1. The van der Waals surface area contributed by atoms with Crippen LogP contribution in [0.3, 0.4) is 0 Å². The van der Waals surface area contributed by atoms with Gasteiger partial charge >= 0.3 is 0 Å². The first-order valence-corrected chi connectivity index (χ1v) is 26.7. The molecule has 3 aromatic heterocycles. The minimum absolute atomic E-state index is 0.368. The minimum Gasteiger partial charge on any atom is -0.228 e. The monoisotopic (exact) mass is 952 g/mol. The maximum atomic E-state index is 5.71. The predicted molar refractivity (Wildman–Crippen MR) is 302 cm³/mol. The molecule has 10 rings (SSSR count). The van der Waals surface area contributed by atoms with Crippen LogP contribution in [0, 0.1) is 83.1 Å². The molecule has 1 atom stereocenters. The van der Waals surface area contributed by atoms with Crippen molar-refractivity contribution in [3.63, 3.8) is 0 Å². The number of benzene rings is 6. The molecule has 2 nitrogen and oxygen atoms in total. The van der Waals surface area contributed by atoms with Crippen LogP contribution in [0.2, 0.25) is 0 Å². The van der Waals surface area contributed by atoms with E-state index in [2.05, 4.69) is 210 Å². The average molecular weight is 953 g/mol. The quantitative estimate of drug-likeness (QED) is 0.144. The molecule has 1 unspecified atom stereocenters. The highest BCUT2D eigenvalue weighted by molar-refractivity contribution is 8.08. The summed E-state index contributed by atoms with van der Waals surface area (Å²) in [5.41, 5.74) is 28.9. The van der Waals surface area contributed by atoms with Gasteiger partial charge in [-0.1, -0.05) is 97.1 Å². The van der Waals surface area contributed by atoms with Gasteiger partial charge in [0.25, 0.3) is 0 Å². The number of aromatic nitrogens is 2. The molecule has 0 amide bonds. The molecule has 5 heteroatoms. The molecule has 0 fully saturated rings. The van der Waals surface area contributed by atoms with E-state index in [4.69, 9.17) is 9.97 Å². The Labute approximate surface area is 422 Å². The van der Waals surface area contributed by atoms with Crippen LogP contribution in [0.25, 0.3) is 80.6 Å². The van der Waals surface area contributed by atoms with Crippen molar-refractivity contribution in [2.75, 3.05) is 0 Å². The highest BCUT2D eigenvalue weighted by Crippen LogP contribution is 2.52. The number of thioether (sulfide) groups is 1. The normalized spacial score (nSPS) is 13.6. The second-order valence-corrected chi connectivity index (χ2v) is 22.5. The summed E-state index contributed by atoms with van der Waals surface area (Å²) in [6.07, 6.45) is 3.46. The Morgan fingerprint density at radius 2 is 0.710 bits per heavy atom. The number of rotatable bonds is 9. The lowest BCUT2D eigenvalue weighted by molar-refractivity contribution is 0.950. The molecule has 1 aliphatic heterocycles. The van der Waals surface area contributed by atoms with Crippen LogP contribution >= 0.6 is 34.4 Å². The van der Waals surface area contributed by atoms with Crippen molar-refractivity contribution in [2.24, 2.45) is 0 Å². The number of nitrogens with zero attached hydrogens (tertiary/aromatic N) is 2. The molecule has 344 valence electrons. The van der Waals surface area contributed by atoms with Crippen LogP contribution in [0.15, 0.2) is 127 Å². The van der Waals surface area contributed by atoms with Gasteiger partial charge in [0.15, 0.2) is 5.82 Å². The first kappa shape index (κ1) is 46.6. The van der Waals surface area contributed by atoms with Gasteiger partial charge in [0, 0.05) is 46.4 Å². The third kappa shape index (κ3) is 8.16. The summed E-state index contributed by atoms with van der Waals surface area (Å²) in [6, 6.07) is 43.8. The SMILES string of the molecule is Cc1c(C)c(-c2ccc(-c3ccccc3)s2)c(C)c(C)c1-c1cc(-c2c(C)c(C)c(C3CC=C(c4ccccc4)S3)c(C)c2C)nc(-c2c(C)c(C)c(-c3ccc(-c4ccccc4)s3)c(C)c2C)n1. The van der Waals surface area contributed by atoms with Gasteiger partial charge < -0.3 is 0 Å². The number of hydrogen-bond acceptors (Lipinski definition) is 5. The summed E-state index contributed by atoms with van der Waals surface area (Å²) < 4.78 is 0. The van der Waals surface area contributed by atoms with Crippen LogP contribution in [-0.4, -0.2) is 9.97 Å². The van der Waals surface area contributed by atoms with Gasteiger partial charge in [-0.15, -0.1) is 34.4 Å². The number of thiophene rings is 2. The minimum atomic E-state index is 0.368. The van der Waals surface area contributed by atoms with Crippen LogP contribution in [0.5, 0.6) is 0 Å². The average Bonchev–Trinajstić information content (AvgIpc) is 4.17. The van der Waals surface area contributed by atoms with Gasteiger partial charge in [0.2, 0.25) is 0 Å². The van der Waals surface area contributed by atoms with Gasteiger partial charge in [0.05, 0.1) is 11.4 Å². The van der Waals surface area contributed by atoms with Crippen molar-refractivity contribution in [1.29, 1.82) is 0 Å².